The van der Waals surface area contributed by atoms with Gasteiger partial charge in [-0.2, -0.15) is 0 Å². The fourth-order valence-electron chi connectivity index (χ4n) is 1.39. The van der Waals surface area contributed by atoms with Crippen LogP contribution in [-0.4, -0.2) is 18.3 Å². The lowest BCUT2D eigenvalue weighted by atomic mass is 9.79. The van der Waals surface area contributed by atoms with Gasteiger partial charge in [0.1, 0.15) is 0 Å². The van der Waals surface area contributed by atoms with Gasteiger partial charge in [-0.05, 0) is 40.1 Å². The zero-order valence-electron chi connectivity index (χ0n) is 10.9. The van der Waals surface area contributed by atoms with E-state index >= 15 is 0 Å². The molecule has 0 unspecified atom stereocenters. The van der Waals surface area contributed by atoms with Crippen molar-refractivity contribution < 1.29 is 9.31 Å². The maximum absolute atomic E-state index is 5.91. The van der Waals surface area contributed by atoms with Gasteiger partial charge >= 0.3 is 7.12 Å². The molecular weight excluding hydrogens is 199 g/mol. The van der Waals surface area contributed by atoms with Gasteiger partial charge in [0, 0.05) is 0 Å². The topological polar surface area (TPSA) is 18.5 Å². The molecule has 0 radical (unpaired) electrons. The van der Waals surface area contributed by atoms with Gasteiger partial charge in [-0.1, -0.05) is 30.9 Å². The molecule has 0 aliphatic carbocycles. The first-order valence-corrected chi connectivity index (χ1v) is 5.62. The van der Waals surface area contributed by atoms with Crippen LogP contribution in [0.5, 0.6) is 0 Å². The predicted octanol–water partition coefficient (Wildman–Crippen LogP) is 3.31. The molecule has 1 fully saturated rings. The molecule has 3 heteroatoms. The van der Waals surface area contributed by atoms with Crippen molar-refractivity contribution in [3.8, 4) is 0 Å². The summed E-state index contributed by atoms with van der Waals surface area (Å²) in [5, 5.41) is 0. The summed E-state index contributed by atoms with van der Waals surface area (Å²) in [4.78, 5) is 0. The maximum Gasteiger partial charge on any atom is 0.490 e. The molecule has 16 heavy (non-hydrogen) atoms. The standard InChI is InChI=1S/C13H21BO2/c1-7-8-9-10-11(2)14-15-12(3,4)13(5,6)16-14/h7-10H,1H2,2-6H3/b9-8-,11-10+. The highest BCUT2D eigenvalue weighted by molar-refractivity contribution is 6.54. The van der Waals surface area contributed by atoms with Gasteiger partial charge in [-0.15, -0.1) is 0 Å². The van der Waals surface area contributed by atoms with Crippen LogP contribution in [0.25, 0.3) is 0 Å². The Balaban J connectivity index is 2.76. The number of rotatable bonds is 3. The Morgan fingerprint density at radius 2 is 1.56 bits per heavy atom. The van der Waals surface area contributed by atoms with Gasteiger partial charge in [-0.25, -0.2) is 0 Å². The summed E-state index contributed by atoms with van der Waals surface area (Å²) in [5.74, 6) is 0. The molecule has 1 aliphatic heterocycles. The van der Waals surface area contributed by atoms with E-state index in [2.05, 4.69) is 34.3 Å². The lowest BCUT2D eigenvalue weighted by molar-refractivity contribution is 0.00578. The minimum Gasteiger partial charge on any atom is -0.400 e. The quantitative estimate of drug-likeness (QED) is 0.536. The Bertz CT molecular complexity index is 311. The Morgan fingerprint density at radius 3 is 2.00 bits per heavy atom. The Morgan fingerprint density at radius 1 is 1.06 bits per heavy atom. The van der Waals surface area contributed by atoms with Crippen LogP contribution in [0.2, 0.25) is 0 Å². The van der Waals surface area contributed by atoms with Crippen LogP contribution in [0.15, 0.2) is 36.4 Å². The van der Waals surface area contributed by atoms with Crippen molar-refractivity contribution in [1.82, 2.24) is 0 Å². The third-order valence-corrected chi connectivity index (χ3v) is 3.23. The molecule has 0 atom stereocenters. The number of allylic oxidation sites excluding steroid dienone is 5. The molecule has 1 saturated heterocycles. The number of hydrogen-bond acceptors (Lipinski definition) is 2. The molecule has 0 amide bonds. The lowest BCUT2D eigenvalue weighted by Crippen LogP contribution is -2.41. The van der Waals surface area contributed by atoms with E-state index in [1.165, 1.54) is 0 Å². The van der Waals surface area contributed by atoms with Crippen LogP contribution >= 0.6 is 0 Å². The second-order valence-electron chi connectivity index (χ2n) is 5.12. The van der Waals surface area contributed by atoms with E-state index in [1.54, 1.807) is 6.08 Å². The molecule has 0 spiro atoms. The van der Waals surface area contributed by atoms with Crippen molar-refractivity contribution in [1.29, 1.82) is 0 Å². The first-order valence-electron chi connectivity index (χ1n) is 5.62. The van der Waals surface area contributed by atoms with E-state index in [0.29, 0.717) is 0 Å². The zero-order valence-corrected chi connectivity index (χ0v) is 10.9. The molecule has 1 aliphatic rings. The normalized spacial score (nSPS) is 24.1. The largest absolute Gasteiger partial charge is 0.490 e. The zero-order chi connectivity index (χ0) is 12.4. The molecule has 0 saturated carbocycles. The average molecular weight is 220 g/mol. The SMILES string of the molecule is C=C/C=C\C=C(/C)B1OC(C)(C)C(C)(C)O1. The van der Waals surface area contributed by atoms with Gasteiger partial charge in [0.25, 0.3) is 0 Å². The summed E-state index contributed by atoms with van der Waals surface area (Å²) in [6.07, 6.45) is 7.56. The van der Waals surface area contributed by atoms with E-state index < -0.39 is 0 Å². The molecule has 0 aromatic rings. The molecule has 0 bridgehead atoms. The predicted molar refractivity (Wildman–Crippen MR) is 69.2 cm³/mol. The first-order chi connectivity index (χ1) is 7.30. The van der Waals surface area contributed by atoms with Crippen molar-refractivity contribution in [2.45, 2.75) is 45.8 Å². The smallest absolute Gasteiger partial charge is 0.400 e. The molecule has 2 nitrogen and oxygen atoms in total. The van der Waals surface area contributed by atoms with Crippen LogP contribution in [-0.2, 0) is 9.31 Å². The maximum atomic E-state index is 5.91. The molecule has 0 aromatic heterocycles. The minimum absolute atomic E-state index is 0.250. The summed E-state index contributed by atoms with van der Waals surface area (Å²) in [6.45, 7) is 13.9. The molecule has 88 valence electrons. The summed E-state index contributed by atoms with van der Waals surface area (Å²) < 4.78 is 11.8. The van der Waals surface area contributed by atoms with Crippen molar-refractivity contribution in [3.63, 3.8) is 0 Å². The Labute approximate surface area is 99.2 Å². The summed E-state index contributed by atoms with van der Waals surface area (Å²) in [6, 6.07) is 0. The van der Waals surface area contributed by atoms with Gasteiger partial charge in [0.2, 0.25) is 0 Å². The van der Waals surface area contributed by atoms with Crippen LogP contribution in [0, 0.1) is 0 Å². The van der Waals surface area contributed by atoms with Gasteiger partial charge in [0.05, 0.1) is 11.2 Å². The van der Waals surface area contributed by atoms with Crippen molar-refractivity contribution in [2.75, 3.05) is 0 Å². The van der Waals surface area contributed by atoms with Crippen LogP contribution < -0.4 is 0 Å². The van der Waals surface area contributed by atoms with Crippen molar-refractivity contribution in [3.05, 3.63) is 36.4 Å². The first kappa shape index (κ1) is 13.3. The molecule has 0 N–H and O–H groups in total. The van der Waals surface area contributed by atoms with Gasteiger partial charge < -0.3 is 9.31 Å². The third-order valence-electron chi connectivity index (χ3n) is 3.23. The highest BCUT2D eigenvalue weighted by Gasteiger charge is 2.51. The van der Waals surface area contributed by atoms with Crippen LogP contribution in [0.4, 0.5) is 0 Å². The highest BCUT2D eigenvalue weighted by Crippen LogP contribution is 2.38. The van der Waals surface area contributed by atoms with E-state index in [9.17, 15) is 0 Å². The molecule has 1 heterocycles. The van der Waals surface area contributed by atoms with Gasteiger partial charge in [0.15, 0.2) is 0 Å². The second kappa shape index (κ2) is 4.60. The molecule has 0 aromatic carbocycles. The van der Waals surface area contributed by atoms with Gasteiger partial charge in [-0.3, -0.25) is 0 Å². The average Bonchev–Trinajstić information content (AvgIpc) is 2.36. The van der Waals surface area contributed by atoms with Crippen molar-refractivity contribution in [2.24, 2.45) is 0 Å². The third kappa shape index (κ3) is 2.66. The minimum atomic E-state index is -0.269. The van der Waals surface area contributed by atoms with Crippen LogP contribution in [0.3, 0.4) is 0 Å². The van der Waals surface area contributed by atoms with E-state index in [4.69, 9.17) is 9.31 Å². The highest BCUT2D eigenvalue weighted by atomic mass is 16.7. The molecular formula is C13H21BO2. The lowest BCUT2D eigenvalue weighted by Gasteiger charge is -2.32. The summed E-state index contributed by atoms with van der Waals surface area (Å²) in [5.41, 5.74) is 0.529. The Kier molecular flexibility index (Phi) is 3.82. The molecule has 1 rings (SSSR count). The number of hydrogen-bond donors (Lipinski definition) is 0. The summed E-state index contributed by atoms with van der Waals surface area (Å²) >= 11 is 0. The fraction of sp³-hybridized carbons (Fsp3) is 0.538. The second-order valence-corrected chi connectivity index (χ2v) is 5.12. The van der Waals surface area contributed by atoms with E-state index in [1.807, 2.05) is 25.2 Å². The van der Waals surface area contributed by atoms with E-state index in [0.717, 1.165) is 5.47 Å². The van der Waals surface area contributed by atoms with E-state index in [-0.39, 0.29) is 18.3 Å². The van der Waals surface area contributed by atoms with Crippen molar-refractivity contribution >= 4 is 7.12 Å². The monoisotopic (exact) mass is 220 g/mol. The van der Waals surface area contributed by atoms with Crippen LogP contribution in [0.1, 0.15) is 34.6 Å². The Hall–Kier alpha value is -0.795. The fourth-order valence-corrected chi connectivity index (χ4v) is 1.39. The summed E-state index contributed by atoms with van der Waals surface area (Å²) in [7, 11) is -0.250.